The number of hydrogen-bond donors (Lipinski definition) is 2. The number of carbonyl (C=O) groups excluding carboxylic acids is 2. The van der Waals surface area contributed by atoms with Crippen LogP contribution < -0.4 is 15.8 Å². The smallest absolute Gasteiger partial charge is 0.398 e. The zero-order valence-electron chi connectivity index (χ0n) is 14.5. The van der Waals surface area contributed by atoms with Gasteiger partial charge < -0.3 is 15.8 Å². The Morgan fingerprint density at radius 2 is 1.79 bits per heavy atom. The topological polar surface area (TPSA) is 81.4 Å². The van der Waals surface area contributed by atoms with Crippen LogP contribution in [0.15, 0.2) is 59.5 Å². The molecule has 0 atom stereocenters. The highest BCUT2D eigenvalue weighted by Gasteiger charge is 2.27. The van der Waals surface area contributed by atoms with Crippen LogP contribution in [0.2, 0.25) is 0 Å². The van der Waals surface area contributed by atoms with Gasteiger partial charge in [0.25, 0.3) is 5.91 Å². The van der Waals surface area contributed by atoms with Crippen molar-refractivity contribution in [2.75, 3.05) is 17.7 Å². The number of benzene rings is 2. The number of amides is 2. The standard InChI is InChI=1S/C19H17F3N2O3S/c20-19(21,22)12-28-16-4-2-1-3-15(16)24-18(26)10-7-13-5-8-14(9-6-13)27-11-17(23)25/h1-10H,11-12H2,(H2,23,25)(H,24,26)/b10-7+. The van der Waals surface area contributed by atoms with Crippen LogP contribution in [0.25, 0.3) is 6.08 Å². The lowest BCUT2D eigenvalue weighted by molar-refractivity contribution is -0.120. The molecule has 0 bridgehead atoms. The number of primary amides is 1. The van der Waals surface area contributed by atoms with Crippen molar-refractivity contribution in [2.24, 2.45) is 5.73 Å². The molecule has 5 nitrogen and oxygen atoms in total. The van der Waals surface area contributed by atoms with Crippen molar-refractivity contribution in [3.63, 3.8) is 0 Å². The van der Waals surface area contributed by atoms with E-state index in [0.29, 0.717) is 33.7 Å². The highest BCUT2D eigenvalue weighted by atomic mass is 32.2. The van der Waals surface area contributed by atoms with Crippen molar-refractivity contribution in [1.82, 2.24) is 0 Å². The summed E-state index contributed by atoms with van der Waals surface area (Å²) >= 11 is 0.608. The molecule has 0 spiro atoms. The first-order valence-electron chi connectivity index (χ1n) is 8.02. The van der Waals surface area contributed by atoms with Gasteiger partial charge in [-0.05, 0) is 35.9 Å². The molecule has 0 aliphatic heterocycles. The van der Waals surface area contributed by atoms with Crippen LogP contribution >= 0.6 is 11.8 Å². The third kappa shape index (κ3) is 7.75. The van der Waals surface area contributed by atoms with Gasteiger partial charge in [0.15, 0.2) is 6.61 Å². The maximum absolute atomic E-state index is 12.4. The van der Waals surface area contributed by atoms with Gasteiger partial charge in [-0.1, -0.05) is 24.3 Å². The van der Waals surface area contributed by atoms with E-state index in [-0.39, 0.29) is 6.61 Å². The minimum atomic E-state index is -4.30. The summed E-state index contributed by atoms with van der Waals surface area (Å²) in [6, 6.07) is 12.9. The molecule has 0 aromatic heterocycles. The van der Waals surface area contributed by atoms with Gasteiger partial charge in [0.1, 0.15) is 5.75 Å². The molecule has 2 aromatic carbocycles. The lowest BCUT2D eigenvalue weighted by Crippen LogP contribution is -2.19. The average Bonchev–Trinajstić information content (AvgIpc) is 2.64. The molecule has 0 unspecified atom stereocenters. The third-order valence-electron chi connectivity index (χ3n) is 3.22. The summed E-state index contributed by atoms with van der Waals surface area (Å²) < 4.78 is 42.4. The van der Waals surface area contributed by atoms with Gasteiger partial charge in [-0.3, -0.25) is 9.59 Å². The number of halogens is 3. The highest BCUT2D eigenvalue weighted by Crippen LogP contribution is 2.32. The second kappa shape index (κ2) is 9.84. The lowest BCUT2D eigenvalue weighted by Gasteiger charge is -2.10. The van der Waals surface area contributed by atoms with Gasteiger partial charge >= 0.3 is 6.18 Å². The number of thioether (sulfide) groups is 1. The first-order valence-corrected chi connectivity index (χ1v) is 9.00. The van der Waals surface area contributed by atoms with E-state index in [1.165, 1.54) is 18.2 Å². The van der Waals surface area contributed by atoms with Crippen molar-refractivity contribution in [3.05, 3.63) is 60.2 Å². The first-order chi connectivity index (χ1) is 13.2. The predicted octanol–water partition coefficient (Wildman–Crippen LogP) is 3.86. The van der Waals surface area contributed by atoms with Crippen molar-refractivity contribution in [1.29, 1.82) is 0 Å². The summed E-state index contributed by atoms with van der Waals surface area (Å²) in [6.45, 7) is -0.233. The number of hydrogen-bond acceptors (Lipinski definition) is 4. The molecule has 2 aromatic rings. The minimum Gasteiger partial charge on any atom is -0.484 e. The maximum atomic E-state index is 12.4. The van der Waals surface area contributed by atoms with Crippen LogP contribution in [0.1, 0.15) is 5.56 Å². The van der Waals surface area contributed by atoms with Crippen LogP contribution in [0.3, 0.4) is 0 Å². The minimum absolute atomic E-state index is 0.233. The normalized spacial score (nSPS) is 11.4. The summed E-state index contributed by atoms with van der Waals surface area (Å²) in [5, 5.41) is 2.57. The van der Waals surface area contributed by atoms with E-state index in [4.69, 9.17) is 10.5 Å². The van der Waals surface area contributed by atoms with E-state index in [1.54, 1.807) is 42.5 Å². The molecule has 148 valence electrons. The molecule has 3 N–H and O–H groups in total. The Hall–Kier alpha value is -2.94. The number of ether oxygens (including phenoxy) is 1. The largest absolute Gasteiger partial charge is 0.484 e. The van der Waals surface area contributed by atoms with Crippen molar-refractivity contribution in [2.45, 2.75) is 11.1 Å². The molecular weight excluding hydrogens is 393 g/mol. The number of alkyl halides is 3. The van der Waals surface area contributed by atoms with E-state index in [1.807, 2.05) is 0 Å². The molecule has 0 aliphatic carbocycles. The molecule has 0 saturated heterocycles. The van der Waals surface area contributed by atoms with Crippen molar-refractivity contribution < 1.29 is 27.5 Å². The van der Waals surface area contributed by atoms with E-state index in [0.717, 1.165) is 0 Å². The van der Waals surface area contributed by atoms with Crippen molar-refractivity contribution >= 4 is 35.3 Å². The molecule has 0 aliphatic rings. The Balaban J connectivity index is 1.96. The van der Waals surface area contributed by atoms with Crippen LogP contribution in [0.4, 0.5) is 18.9 Å². The second-order valence-corrected chi connectivity index (χ2v) is 6.56. The SMILES string of the molecule is NC(=O)COc1ccc(/C=C/C(=O)Nc2ccccc2SCC(F)(F)F)cc1. The van der Waals surface area contributed by atoms with E-state index in [2.05, 4.69) is 5.32 Å². The van der Waals surface area contributed by atoms with Gasteiger partial charge in [0.05, 0.1) is 11.4 Å². The maximum Gasteiger partial charge on any atom is 0.398 e. The molecule has 9 heteroatoms. The van der Waals surface area contributed by atoms with Gasteiger partial charge in [-0.15, -0.1) is 11.8 Å². The Kier molecular flexibility index (Phi) is 7.51. The number of para-hydroxylation sites is 1. The Morgan fingerprint density at radius 3 is 2.43 bits per heavy atom. The van der Waals surface area contributed by atoms with Crippen LogP contribution in [-0.4, -0.2) is 30.4 Å². The fourth-order valence-electron chi connectivity index (χ4n) is 2.03. The van der Waals surface area contributed by atoms with E-state index in [9.17, 15) is 22.8 Å². The monoisotopic (exact) mass is 410 g/mol. The van der Waals surface area contributed by atoms with E-state index < -0.39 is 23.7 Å². The van der Waals surface area contributed by atoms with Crippen LogP contribution in [-0.2, 0) is 9.59 Å². The molecule has 2 rings (SSSR count). The molecular formula is C19H17F3N2O3S. The Morgan fingerprint density at radius 1 is 1.11 bits per heavy atom. The Bertz CT molecular complexity index is 852. The zero-order chi connectivity index (χ0) is 20.6. The molecule has 0 fully saturated rings. The number of carbonyl (C=O) groups is 2. The first kappa shape index (κ1) is 21.4. The quantitative estimate of drug-likeness (QED) is 0.512. The zero-order valence-corrected chi connectivity index (χ0v) is 15.3. The molecule has 0 heterocycles. The highest BCUT2D eigenvalue weighted by molar-refractivity contribution is 7.99. The van der Waals surface area contributed by atoms with Gasteiger partial charge in [0.2, 0.25) is 5.91 Å². The number of anilines is 1. The number of rotatable bonds is 8. The summed E-state index contributed by atoms with van der Waals surface area (Å²) in [7, 11) is 0. The van der Waals surface area contributed by atoms with Gasteiger partial charge in [-0.2, -0.15) is 13.2 Å². The average molecular weight is 410 g/mol. The molecule has 2 amide bonds. The second-order valence-electron chi connectivity index (χ2n) is 5.55. The van der Waals surface area contributed by atoms with Gasteiger partial charge in [-0.25, -0.2) is 0 Å². The third-order valence-corrected chi connectivity index (χ3v) is 4.36. The van der Waals surface area contributed by atoms with Crippen molar-refractivity contribution in [3.8, 4) is 5.75 Å². The number of nitrogens with two attached hydrogens (primary N) is 1. The summed E-state index contributed by atoms with van der Waals surface area (Å²) in [5.74, 6) is -1.65. The summed E-state index contributed by atoms with van der Waals surface area (Å²) in [5.41, 5.74) is 5.99. The fraction of sp³-hybridized carbons (Fsp3) is 0.158. The lowest BCUT2D eigenvalue weighted by atomic mass is 10.2. The molecule has 28 heavy (non-hydrogen) atoms. The summed E-state index contributed by atoms with van der Waals surface area (Å²) in [6.07, 6.45) is -1.49. The van der Waals surface area contributed by atoms with Crippen LogP contribution in [0.5, 0.6) is 5.75 Å². The van der Waals surface area contributed by atoms with Crippen LogP contribution in [0, 0.1) is 0 Å². The molecule has 0 saturated carbocycles. The number of nitrogens with one attached hydrogen (secondary N) is 1. The predicted molar refractivity (Wildman–Crippen MR) is 102 cm³/mol. The molecule has 0 radical (unpaired) electrons. The Labute approximate surface area is 163 Å². The van der Waals surface area contributed by atoms with Gasteiger partial charge in [0, 0.05) is 11.0 Å². The fourth-order valence-corrected chi connectivity index (χ4v) is 2.80. The van der Waals surface area contributed by atoms with E-state index >= 15 is 0 Å². The summed E-state index contributed by atoms with van der Waals surface area (Å²) in [4.78, 5) is 23.1.